The van der Waals surface area contributed by atoms with Gasteiger partial charge in [0.2, 0.25) is 0 Å². The minimum atomic E-state index is -0.371. The minimum absolute atomic E-state index is 0.269. The van der Waals surface area contributed by atoms with Crippen LogP contribution in [0.15, 0.2) is 65.4 Å². The number of furan rings is 1. The first-order valence-electron chi connectivity index (χ1n) is 6.75. The average Bonchev–Trinajstić information content (AvgIpc) is 3.08. The molecule has 0 saturated carbocycles. The molecule has 0 saturated heterocycles. The number of hydrogen-bond acceptors (Lipinski definition) is 3. The summed E-state index contributed by atoms with van der Waals surface area (Å²) in [7, 11) is 0. The van der Waals surface area contributed by atoms with Crippen molar-refractivity contribution in [1.29, 1.82) is 0 Å². The van der Waals surface area contributed by atoms with Crippen molar-refractivity contribution in [2.75, 3.05) is 0 Å². The summed E-state index contributed by atoms with van der Waals surface area (Å²) in [5.74, 6) is 0.00444. The molecule has 5 heteroatoms. The van der Waals surface area contributed by atoms with Gasteiger partial charge in [-0.2, -0.15) is 0 Å². The van der Waals surface area contributed by atoms with Crippen molar-refractivity contribution in [3.05, 3.63) is 77.9 Å². The first-order valence-corrected chi connectivity index (χ1v) is 6.75. The number of benzene rings is 1. The van der Waals surface area contributed by atoms with Crippen LogP contribution in [0.25, 0.3) is 11.5 Å². The van der Waals surface area contributed by atoms with Crippen LogP contribution < -0.4 is 5.32 Å². The second kappa shape index (κ2) is 6.22. The second-order valence-corrected chi connectivity index (χ2v) is 4.68. The Morgan fingerprint density at radius 1 is 1.14 bits per heavy atom. The van der Waals surface area contributed by atoms with Gasteiger partial charge >= 0.3 is 0 Å². The zero-order valence-corrected chi connectivity index (χ0v) is 11.6. The van der Waals surface area contributed by atoms with Crippen LogP contribution in [-0.2, 0) is 6.54 Å². The van der Waals surface area contributed by atoms with Crippen molar-refractivity contribution >= 4 is 5.91 Å². The fourth-order valence-corrected chi connectivity index (χ4v) is 2.10. The monoisotopic (exact) mass is 296 g/mol. The van der Waals surface area contributed by atoms with E-state index >= 15 is 0 Å². The van der Waals surface area contributed by atoms with E-state index in [1.807, 2.05) is 12.1 Å². The number of carbonyl (C=O) groups excluding carboxylic acids is 1. The SMILES string of the molecule is O=C(NCc1cccnc1-c1ccco1)c1ccc(F)cc1. The van der Waals surface area contributed by atoms with Crippen LogP contribution in [0.4, 0.5) is 4.39 Å². The fraction of sp³-hybridized carbons (Fsp3) is 0.0588. The first kappa shape index (κ1) is 14.0. The molecule has 2 heterocycles. The summed E-state index contributed by atoms with van der Waals surface area (Å²) >= 11 is 0. The summed E-state index contributed by atoms with van der Waals surface area (Å²) in [4.78, 5) is 16.3. The molecular formula is C17H13FN2O2. The maximum atomic E-state index is 12.9. The van der Waals surface area contributed by atoms with Crippen LogP contribution in [0.1, 0.15) is 15.9 Å². The van der Waals surface area contributed by atoms with Gasteiger partial charge in [0.05, 0.1) is 6.26 Å². The van der Waals surface area contributed by atoms with Crippen LogP contribution >= 0.6 is 0 Å². The Kier molecular flexibility index (Phi) is 3.96. The lowest BCUT2D eigenvalue weighted by Crippen LogP contribution is -2.23. The van der Waals surface area contributed by atoms with Gasteiger partial charge < -0.3 is 9.73 Å². The first-order chi connectivity index (χ1) is 10.7. The molecule has 0 atom stereocenters. The largest absolute Gasteiger partial charge is 0.463 e. The van der Waals surface area contributed by atoms with Crippen molar-refractivity contribution in [3.63, 3.8) is 0 Å². The smallest absolute Gasteiger partial charge is 0.251 e. The van der Waals surface area contributed by atoms with Crippen LogP contribution in [0.3, 0.4) is 0 Å². The molecule has 0 aliphatic heterocycles. The lowest BCUT2D eigenvalue weighted by atomic mass is 10.1. The minimum Gasteiger partial charge on any atom is -0.463 e. The maximum Gasteiger partial charge on any atom is 0.251 e. The number of nitrogens with one attached hydrogen (secondary N) is 1. The number of halogens is 1. The molecule has 0 bridgehead atoms. The van der Waals surface area contributed by atoms with Crippen LogP contribution in [0, 0.1) is 5.82 Å². The molecule has 0 radical (unpaired) electrons. The van der Waals surface area contributed by atoms with Gasteiger partial charge in [-0.05, 0) is 42.5 Å². The van der Waals surface area contributed by atoms with Crippen molar-refractivity contribution in [2.24, 2.45) is 0 Å². The van der Waals surface area contributed by atoms with Gasteiger partial charge in [0.25, 0.3) is 5.91 Å². The van der Waals surface area contributed by atoms with Crippen molar-refractivity contribution < 1.29 is 13.6 Å². The Bertz CT molecular complexity index is 768. The third-order valence-corrected chi connectivity index (χ3v) is 3.19. The Hall–Kier alpha value is -2.95. The molecule has 0 fully saturated rings. The molecule has 1 N–H and O–H groups in total. The number of aromatic nitrogens is 1. The zero-order valence-electron chi connectivity index (χ0n) is 11.6. The maximum absolute atomic E-state index is 12.9. The molecule has 0 unspecified atom stereocenters. The molecule has 0 aliphatic carbocycles. The Morgan fingerprint density at radius 2 is 1.95 bits per heavy atom. The summed E-state index contributed by atoms with van der Waals surface area (Å²) in [5.41, 5.74) is 1.93. The van der Waals surface area contributed by atoms with Gasteiger partial charge in [0.15, 0.2) is 5.76 Å². The number of hydrogen-bond donors (Lipinski definition) is 1. The van der Waals surface area contributed by atoms with E-state index in [4.69, 9.17) is 4.42 Å². The highest BCUT2D eigenvalue weighted by Gasteiger charge is 2.11. The van der Waals surface area contributed by atoms with Gasteiger partial charge in [-0.1, -0.05) is 6.07 Å². The highest BCUT2D eigenvalue weighted by molar-refractivity contribution is 5.94. The standard InChI is InChI=1S/C17H13FN2O2/c18-14-7-5-12(6-8-14)17(21)20-11-13-3-1-9-19-16(13)15-4-2-10-22-15/h1-10H,11H2,(H,20,21). The summed E-state index contributed by atoms with van der Waals surface area (Å²) in [6.45, 7) is 0.306. The number of rotatable bonds is 4. The molecule has 2 aromatic heterocycles. The predicted octanol–water partition coefficient (Wildman–Crippen LogP) is 3.41. The van der Waals surface area contributed by atoms with Gasteiger partial charge in [-0.3, -0.25) is 9.78 Å². The van der Waals surface area contributed by atoms with Crippen molar-refractivity contribution in [1.82, 2.24) is 10.3 Å². The van der Waals surface area contributed by atoms with Crippen LogP contribution in [-0.4, -0.2) is 10.9 Å². The Balaban J connectivity index is 1.74. The third-order valence-electron chi connectivity index (χ3n) is 3.19. The lowest BCUT2D eigenvalue weighted by Gasteiger charge is -2.08. The highest BCUT2D eigenvalue weighted by atomic mass is 19.1. The average molecular weight is 296 g/mol. The molecule has 4 nitrogen and oxygen atoms in total. The molecular weight excluding hydrogens is 283 g/mol. The van der Waals surface area contributed by atoms with Crippen molar-refractivity contribution in [3.8, 4) is 11.5 Å². The van der Waals surface area contributed by atoms with Gasteiger partial charge in [-0.15, -0.1) is 0 Å². The number of carbonyl (C=O) groups is 1. The van der Waals surface area contributed by atoms with E-state index in [9.17, 15) is 9.18 Å². The molecule has 0 spiro atoms. The number of nitrogens with zero attached hydrogens (tertiary/aromatic N) is 1. The van der Waals surface area contributed by atoms with E-state index in [1.54, 1.807) is 24.6 Å². The van der Waals surface area contributed by atoms with Gasteiger partial charge in [0, 0.05) is 23.9 Å². The normalized spacial score (nSPS) is 10.4. The Labute approximate surface area is 126 Å². The summed E-state index contributed by atoms with van der Waals surface area (Å²) in [6, 6.07) is 12.7. The van der Waals surface area contributed by atoms with E-state index < -0.39 is 0 Å². The quantitative estimate of drug-likeness (QED) is 0.802. The zero-order chi connectivity index (χ0) is 15.4. The van der Waals surface area contributed by atoms with Gasteiger partial charge in [0.1, 0.15) is 11.5 Å². The molecule has 1 aromatic carbocycles. The highest BCUT2D eigenvalue weighted by Crippen LogP contribution is 2.21. The molecule has 1 amide bonds. The molecule has 110 valence electrons. The molecule has 3 aromatic rings. The predicted molar refractivity (Wildman–Crippen MR) is 79.5 cm³/mol. The number of pyridine rings is 1. The van der Waals surface area contributed by atoms with E-state index in [-0.39, 0.29) is 11.7 Å². The third kappa shape index (κ3) is 3.03. The molecule has 0 aliphatic rings. The van der Waals surface area contributed by atoms with E-state index in [2.05, 4.69) is 10.3 Å². The molecule has 3 rings (SSSR count). The van der Waals surface area contributed by atoms with Crippen molar-refractivity contribution in [2.45, 2.75) is 6.54 Å². The topological polar surface area (TPSA) is 55.1 Å². The molecule has 22 heavy (non-hydrogen) atoms. The number of amides is 1. The summed E-state index contributed by atoms with van der Waals surface area (Å²) in [5, 5.41) is 2.79. The summed E-state index contributed by atoms with van der Waals surface area (Å²) < 4.78 is 18.2. The van der Waals surface area contributed by atoms with E-state index in [1.165, 1.54) is 24.3 Å². The Morgan fingerprint density at radius 3 is 2.68 bits per heavy atom. The van der Waals surface area contributed by atoms with E-state index in [0.717, 1.165) is 5.56 Å². The van der Waals surface area contributed by atoms with E-state index in [0.29, 0.717) is 23.6 Å². The second-order valence-electron chi connectivity index (χ2n) is 4.68. The van der Waals surface area contributed by atoms with Crippen LogP contribution in [0.5, 0.6) is 0 Å². The van der Waals surface area contributed by atoms with Gasteiger partial charge in [-0.25, -0.2) is 4.39 Å². The lowest BCUT2D eigenvalue weighted by molar-refractivity contribution is 0.0951. The van der Waals surface area contributed by atoms with Crippen LogP contribution in [0.2, 0.25) is 0 Å². The summed E-state index contributed by atoms with van der Waals surface area (Å²) in [6.07, 6.45) is 3.24. The fourth-order valence-electron chi connectivity index (χ4n) is 2.10.